The maximum atomic E-state index is 10.7. The van der Waals surface area contributed by atoms with Gasteiger partial charge < -0.3 is 5.11 Å². The second kappa shape index (κ2) is 8.31. The summed E-state index contributed by atoms with van der Waals surface area (Å²) in [5.41, 5.74) is 2.09. The van der Waals surface area contributed by atoms with E-state index in [1.54, 1.807) is 12.1 Å². The summed E-state index contributed by atoms with van der Waals surface area (Å²) in [5, 5.41) is 13.3. The molecule has 118 valence electrons. The van der Waals surface area contributed by atoms with Crippen LogP contribution < -0.4 is 5.14 Å². The van der Waals surface area contributed by atoms with E-state index in [1.165, 1.54) is 12.1 Å². The molecule has 2 aromatic carbocycles. The Balaban J connectivity index is 0.000000220. The van der Waals surface area contributed by atoms with Gasteiger partial charge in [0.05, 0.1) is 4.90 Å². The quantitative estimate of drug-likeness (QED) is 0.903. The molecule has 0 fully saturated rings. The number of primary sulfonamides is 1. The van der Waals surface area contributed by atoms with Crippen LogP contribution in [0.3, 0.4) is 0 Å². The Morgan fingerprint density at radius 3 is 2.05 bits per heavy atom. The molecule has 5 nitrogen and oxygen atoms in total. The molecule has 0 aliphatic carbocycles. The molecule has 0 heterocycles. The number of carboxylic acids is 1. The monoisotopic (exact) mass is 321 g/mol. The number of rotatable bonds is 4. The van der Waals surface area contributed by atoms with Gasteiger partial charge in [-0.05, 0) is 31.0 Å². The van der Waals surface area contributed by atoms with Crippen molar-refractivity contribution in [2.24, 2.45) is 5.14 Å². The maximum Gasteiger partial charge on any atom is 0.303 e. The van der Waals surface area contributed by atoms with E-state index in [0.29, 0.717) is 6.42 Å². The average Bonchev–Trinajstić information content (AvgIpc) is 2.46. The fourth-order valence-electron chi connectivity index (χ4n) is 1.62. The SMILES string of the molecule is Cc1ccc(S(N)(=O)=O)cc1.O=C(O)CCc1ccccc1. The molecule has 22 heavy (non-hydrogen) atoms. The molecule has 6 heteroatoms. The highest BCUT2D eigenvalue weighted by Gasteiger charge is 2.04. The second-order valence-corrected chi connectivity index (χ2v) is 6.30. The highest BCUT2D eigenvalue weighted by molar-refractivity contribution is 7.89. The van der Waals surface area contributed by atoms with Crippen molar-refractivity contribution < 1.29 is 18.3 Å². The molecule has 0 aromatic heterocycles. The minimum absolute atomic E-state index is 0.156. The summed E-state index contributed by atoms with van der Waals surface area (Å²) in [6, 6.07) is 16.0. The van der Waals surface area contributed by atoms with Gasteiger partial charge in [-0.3, -0.25) is 4.79 Å². The zero-order valence-electron chi connectivity index (χ0n) is 12.3. The molecule has 0 unspecified atom stereocenters. The van der Waals surface area contributed by atoms with Gasteiger partial charge in [-0.25, -0.2) is 13.6 Å². The van der Waals surface area contributed by atoms with Crippen molar-refractivity contribution in [3.8, 4) is 0 Å². The van der Waals surface area contributed by atoms with Gasteiger partial charge in [-0.1, -0.05) is 48.0 Å². The van der Waals surface area contributed by atoms with Gasteiger partial charge in [-0.2, -0.15) is 0 Å². The van der Waals surface area contributed by atoms with Gasteiger partial charge in [0.1, 0.15) is 0 Å². The van der Waals surface area contributed by atoms with Gasteiger partial charge in [0.25, 0.3) is 0 Å². The highest BCUT2D eigenvalue weighted by atomic mass is 32.2. The van der Waals surface area contributed by atoms with Crippen molar-refractivity contribution in [1.82, 2.24) is 0 Å². The van der Waals surface area contributed by atoms with Crippen LogP contribution in [0.2, 0.25) is 0 Å². The number of hydrogen-bond donors (Lipinski definition) is 2. The average molecular weight is 321 g/mol. The standard InChI is InChI=1S/C9H10O2.C7H9NO2S/c10-9(11)7-6-8-4-2-1-3-5-8;1-6-2-4-7(5-3-6)11(8,9)10/h1-5H,6-7H2,(H,10,11);2-5H,1H3,(H2,8,9,10). The van der Waals surface area contributed by atoms with Crippen molar-refractivity contribution in [1.29, 1.82) is 0 Å². The number of hydrogen-bond acceptors (Lipinski definition) is 3. The summed E-state index contributed by atoms with van der Waals surface area (Å²) in [7, 11) is -3.52. The number of nitrogens with two attached hydrogens (primary N) is 1. The molecular weight excluding hydrogens is 302 g/mol. The lowest BCUT2D eigenvalue weighted by atomic mass is 10.1. The van der Waals surface area contributed by atoms with Crippen LogP contribution in [-0.4, -0.2) is 19.5 Å². The van der Waals surface area contributed by atoms with E-state index < -0.39 is 16.0 Å². The topological polar surface area (TPSA) is 97.5 Å². The van der Waals surface area contributed by atoms with Gasteiger partial charge in [0, 0.05) is 6.42 Å². The highest BCUT2D eigenvalue weighted by Crippen LogP contribution is 2.06. The lowest BCUT2D eigenvalue weighted by Crippen LogP contribution is -2.11. The normalized spacial score (nSPS) is 10.5. The number of aryl methyl sites for hydroxylation is 2. The number of benzene rings is 2. The lowest BCUT2D eigenvalue weighted by molar-refractivity contribution is -0.136. The Bertz CT molecular complexity index is 695. The van der Waals surface area contributed by atoms with Crippen molar-refractivity contribution >= 4 is 16.0 Å². The first-order valence-electron chi connectivity index (χ1n) is 6.64. The zero-order chi connectivity index (χ0) is 16.6. The summed E-state index contributed by atoms with van der Waals surface area (Å²) in [4.78, 5) is 10.3. The van der Waals surface area contributed by atoms with Crippen molar-refractivity contribution in [2.75, 3.05) is 0 Å². The van der Waals surface area contributed by atoms with Crippen LogP contribution in [0.4, 0.5) is 0 Å². The van der Waals surface area contributed by atoms with Gasteiger partial charge in [0.15, 0.2) is 0 Å². The lowest BCUT2D eigenvalue weighted by Gasteiger charge is -1.96. The van der Waals surface area contributed by atoms with Crippen LogP contribution in [0, 0.1) is 6.92 Å². The molecule has 2 rings (SSSR count). The molecule has 0 spiro atoms. The molecule has 0 aliphatic heterocycles. The third-order valence-electron chi connectivity index (χ3n) is 2.82. The first-order valence-corrected chi connectivity index (χ1v) is 8.19. The zero-order valence-corrected chi connectivity index (χ0v) is 13.1. The van der Waals surface area contributed by atoms with Gasteiger partial charge >= 0.3 is 5.97 Å². The molecule has 0 amide bonds. The fraction of sp³-hybridized carbons (Fsp3) is 0.188. The van der Waals surface area contributed by atoms with Gasteiger partial charge in [-0.15, -0.1) is 0 Å². The third-order valence-corrected chi connectivity index (χ3v) is 3.75. The van der Waals surface area contributed by atoms with Crippen molar-refractivity contribution in [3.05, 3.63) is 65.7 Å². The third kappa shape index (κ3) is 7.01. The predicted molar refractivity (Wildman–Crippen MR) is 85.0 cm³/mol. The first-order chi connectivity index (χ1) is 10.3. The fourth-order valence-corrected chi connectivity index (χ4v) is 2.14. The van der Waals surface area contributed by atoms with Crippen LogP contribution in [-0.2, 0) is 21.2 Å². The van der Waals surface area contributed by atoms with Crippen LogP contribution >= 0.6 is 0 Å². The maximum absolute atomic E-state index is 10.7. The summed E-state index contributed by atoms with van der Waals surface area (Å²) in [5.74, 6) is -0.742. The number of carboxylic acid groups (broad SMARTS) is 1. The smallest absolute Gasteiger partial charge is 0.303 e. The molecule has 0 saturated heterocycles. The van der Waals surface area contributed by atoms with E-state index in [0.717, 1.165) is 11.1 Å². The van der Waals surface area contributed by atoms with Crippen LogP contribution in [0.25, 0.3) is 0 Å². The van der Waals surface area contributed by atoms with E-state index in [-0.39, 0.29) is 11.3 Å². The Labute approximate surface area is 130 Å². The minimum atomic E-state index is -3.52. The van der Waals surface area contributed by atoms with E-state index in [1.807, 2.05) is 37.3 Å². The van der Waals surface area contributed by atoms with Gasteiger partial charge in [0.2, 0.25) is 10.0 Å². The predicted octanol–water partition coefficient (Wildman–Crippen LogP) is 2.35. The Kier molecular flexibility index (Phi) is 6.75. The largest absolute Gasteiger partial charge is 0.481 e. The molecule has 2 aromatic rings. The molecule has 0 radical (unpaired) electrons. The van der Waals surface area contributed by atoms with E-state index in [9.17, 15) is 13.2 Å². The van der Waals surface area contributed by atoms with Crippen LogP contribution in [0.15, 0.2) is 59.5 Å². The molecule has 0 aliphatic rings. The van der Waals surface area contributed by atoms with Crippen LogP contribution in [0.1, 0.15) is 17.5 Å². The minimum Gasteiger partial charge on any atom is -0.481 e. The first kappa shape index (κ1) is 17.9. The second-order valence-electron chi connectivity index (χ2n) is 4.74. The summed E-state index contributed by atoms with van der Waals surface area (Å²) in [6.07, 6.45) is 0.834. The molecule has 0 saturated carbocycles. The van der Waals surface area contributed by atoms with Crippen LogP contribution in [0.5, 0.6) is 0 Å². The molecule has 0 bridgehead atoms. The van der Waals surface area contributed by atoms with Crippen molar-refractivity contribution in [2.45, 2.75) is 24.7 Å². The van der Waals surface area contributed by atoms with E-state index in [4.69, 9.17) is 10.2 Å². The van der Waals surface area contributed by atoms with Crippen molar-refractivity contribution in [3.63, 3.8) is 0 Å². The van der Waals surface area contributed by atoms with E-state index >= 15 is 0 Å². The molecular formula is C16H19NO4S. The molecule has 0 atom stereocenters. The number of carbonyl (C=O) groups is 1. The van der Waals surface area contributed by atoms with E-state index in [2.05, 4.69) is 0 Å². The Morgan fingerprint density at radius 2 is 1.59 bits per heavy atom. The number of sulfonamides is 1. The summed E-state index contributed by atoms with van der Waals surface area (Å²) in [6.45, 7) is 1.88. The Morgan fingerprint density at radius 1 is 1.05 bits per heavy atom. The molecule has 3 N–H and O–H groups in total. The summed E-state index contributed by atoms with van der Waals surface area (Å²) >= 11 is 0. The number of aliphatic carboxylic acids is 1. The Hall–Kier alpha value is -2.18. The summed E-state index contributed by atoms with van der Waals surface area (Å²) < 4.78 is 21.4.